The zero-order valence-corrected chi connectivity index (χ0v) is 18.1. The molecule has 0 radical (unpaired) electrons. The Kier molecular flexibility index (Phi) is 6.92. The number of carbonyl (C=O) groups is 1. The van der Waals surface area contributed by atoms with Gasteiger partial charge in [-0.2, -0.15) is 0 Å². The van der Waals surface area contributed by atoms with E-state index in [4.69, 9.17) is 0 Å². The molecule has 1 saturated heterocycles. The van der Waals surface area contributed by atoms with E-state index in [1.807, 2.05) is 0 Å². The first kappa shape index (κ1) is 20.8. The molecule has 1 saturated carbocycles. The van der Waals surface area contributed by atoms with E-state index in [0.717, 1.165) is 57.9 Å². The van der Waals surface area contributed by atoms with Crippen molar-refractivity contribution in [2.24, 2.45) is 10.9 Å². The van der Waals surface area contributed by atoms with E-state index >= 15 is 0 Å². The third-order valence-electron chi connectivity index (χ3n) is 6.60. The maximum atomic E-state index is 12.8. The predicted molar refractivity (Wildman–Crippen MR) is 123 cm³/mol. The van der Waals surface area contributed by atoms with Crippen LogP contribution in [0.15, 0.2) is 41.4 Å². The van der Waals surface area contributed by atoms with Crippen molar-refractivity contribution in [2.45, 2.75) is 51.1 Å². The van der Waals surface area contributed by atoms with Crippen molar-refractivity contribution < 1.29 is 4.79 Å². The van der Waals surface area contributed by atoms with Gasteiger partial charge < -0.3 is 20.4 Å². The first-order chi connectivity index (χ1) is 14.7. The molecule has 1 aliphatic carbocycles. The predicted octanol–water partition coefficient (Wildman–Crippen LogP) is 2.91. The van der Waals surface area contributed by atoms with Gasteiger partial charge >= 0.3 is 0 Å². The number of carbonyl (C=O) groups excluding carboxylic acids is 1. The van der Waals surface area contributed by atoms with Crippen molar-refractivity contribution >= 4 is 17.6 Å². The summed E-state index contributed by atoms with van der Waals surface area (Å²) < 4.78 is 0. The number of aliphatic imine (C=N–C) groups is 1. The summed E-state index contributed by atoms with van der Waals surface area (Å²) in [6.45, 7) is 4.37. The highest BCUT2D eigenvalue weighted by atomic mass is 16.2. The summed E-state index contributed by atoms with van der Waals surface area (Å²) in [5.41, 5.74) is 2.49. The molecule has 1 aromatic carbocycles. The van der Waals surface area contributed by atoms with E-state index in [0.29, 0.717) is 5.91 Å². The fraction of sp³-hybridized carbons (Fsp3) is 0.583. The summed E-state index contributed by atoms with van der Waals surface area (Å²) in [6.07, 6.45) is 11.2. The molecule has 4 rings (SSSR count). The second-order valence-electron chi connectivity index (χ2n) is 8.72. The number of hydrogen-bond donors (Lipinski definition) is 2. The molecule has 1 unspecified atom stereocenters. The molecule has 2 aliphatic heterocycles. The van der Waals surface area contributed by atoms with Crippen LogP contribution in [0.1, 0.15) is 44.1 Å². The Morgan fingerprint density at radius 2 is 1.80 bits per heavy atom. The van der Waals surface area contributed by atoms with Gasteiger partial charge in [-0.05, 0) is 37.0 Å². The van der Waals surface area contributed by atoms with Crippen LogP contribution in [0.25, 0.3) is 0 Å². The fourth-order valence-electron chi connectivity index (χ4n) is 4.77. The van der Waals surface area contributed by atoms with Gasteiger partial charge in [-0.15, -0.1) is 0 Å². The number of amides is 1. The van der Waals surface area contributed by atoms with Crippen LogP contribution < -0.4 is 15.5 Å². The third kappa shape index (κ3) is 5.15. The van der Waals surface area contributed by atoms with Crippen molar-refractivity contribution in [1.82, 2.24) is 15.5 Å². The number of anilines is 1. The van der Waals surface area contributed by atoms with Gasteiger partial charge in [0.2, 0.25) is 5.91 Å². The Hall–Kier alpha value is -2.50. The highest BCUT2D eigenvalue weighted by Crippen LogP contribution is 2.26. The van der Waals surface area contributed by atoms with E-state index in [9.17, 15) is 4.79 Å². The molecule has 0 spiro atoms. The molecule has 0 bridgehead atoms. The molecular formula is C24H35N5O. The molecule has 1 atom stereocenters. The maximum absolute atomic E-state index is 12.8. The number of hydrogen-bond acceptors (Lipinski definition) is 3. The number of rotatable bonds is 5. The van der Waals surface area contributed by atoms with E-state index in [1.54, 1.807) is 7.05 Å². The standard InChI is InChI=1S/C24H35N5O/c1-25-24(26-17-19-9-11-22(12-10-19)28-14-5-6-15-28)27-21-13-16-29(18-21)23(30)20-7-3-2-4-8-20/h5-6,9-12,20-21H,2-4,7-8,13-18H2,1H3,(H2,25,26,27). The van der Waals surface area contributed by atoms with Gasteiger partial charge in [0.25, 0.3) is 0 Å². The number of likely N-dealkylation sites (tertiary alicyclic amines) is 1. The van der Waals surface area contributed by atoms with Crippen LogP contribution in [0.2, 0.25) is 0 Å². The van der Waals surface area contributed by atoms with Crippen molar-refractivity contribution in [3.8, 4) is 0 Å². The Bertz CT molecular complexity index is 758. The lowest BCUT2D eigenvalue weighted by Gasteiger charge is -2.26. The van der Waals surface area contributed by atoms with E-state index in [-0.39, 0.29) is 12.0 Å². The van der Waals surface area contributed by atoms with Gasteiger partial charge in [0.1, 0.15) is 0 Å². The van der Waals surface area contributed by atoms with Crippen LogP contribution in [0.5, 0.6) is 0 Å². The summed E-state index contributed by atoms with van der Waals surface area (Å²) in [6, 6.07) is 8.99. The van der Waals surface area contributed by atoms with Crippen LogP contribution in [0.3, 0.4) is 0 Å². The monoisotopic (exact) mass is 409 g/mol. The number of guanidine groups is 1. The lowest BCUT2D eigenvalue weighted by molar-refractivity contribution is -0.135. The molecule has 2 heterocycles. The molecule has 1 aromatic rings. The molecule has 2 N–H and O–H groups in total. The van der Waals surface area contributed by atoms with Crippen LogP contribution in [0, 0.1) is 5.92 Å². The third-order valence-corrected chi connectivity index (χ3v) is 6.60. The first-order valence-corrected chi connectivity index (χ1v) is 11.5. The molecule has 3 aliphatic rings. The smallest absolute Gasteiger partial charge is 0.225 e. The van der Waals surface area contributed by atoms with E-state index in [2.05, 4.69) is 61.8 Å². The zero-order chi connectivity index (χ0) is 20.8. The average molecular weight is 410 g/mol. The lowest BCUT2D eigenvalue weighted by Crippen LogP contribution is -2.45. The minimum Gasteiger partial charge on any atom is -0.364 e. The second kappa shape index (κ2) is 10.0. The Balaban J connectivity index is 1.22. The number of nitrogens with zero attached hydrogens (tertiary/aromatic N) is 3. The Labute approximate surface area is 180 Å². The molecule has 30 heavy (non-hydrogen) atoms. The van der Waals surface area contributed by atoms with Gasteiger partial charge in [0.05, 0.1) is 0 Å². The quantitative estimate of drug-likeness (QED) is 0.446. The van der Waals surface area contributed by atoms with Gasteiger partial charge in [0.15, 0.2) is 5.96 Å². The highest BCUT2D eigenvalue weighted by Gasteiger charge is 2.31. The molecule has 0 aromatic heterocycles. The number of benzene rings is 1. The Morgan fingerprint density at radius 1 is 1.07 bits per heavy atom. The van der Waals surface area contributed by atoms with E-state index < -0.39 is 0 Å². The van der Waals surface area contributed by atoms with Gasteiger partial charge in [-0.1, -0.05) is 43.5 Å². The molecule has 1 amide bonds. The van der Waals surface area contributed by atoms with Crippen LogP contribution in [-0.2, 0) is 11.3 Å². The van der Waals surface area contributed by atoms with Crippen molar-refractivity contribution in [3.63, 3.8) is 0 Å². The summed E-state index contributed by atoms with van der Waals surface area (Å²) >= 11 is 0. The van der Waals surface area contributed by atoms with Gasteiger partial charge in [-0.25, -0.2) is 0 Å². The van der Waals surface area contributed by atoms with Crippen LogP contribution in [-0.4, -0.2) is 56.0 Å². The zero-order valence-electron chi connectivity index (χ0n) is 18.1. The molecular weight excluding hydrogens is 374 g/mol. The second-order valence-corrected chi connectivity index (χ2v) is 8.72. The molecule has 162 valence electrons. The summed E-state index contributed by atoms with van der Waals surface area (Å²) in [5.74, 6) is 1.43. The van der Waals surface area contributed by atoms with E-state index in [1.165, 1.54) is 30.5 Å². The fourth-order valence-corrected chi connectivity index (χ4v) is 4.77. The Morgan fingerprint density at radius 3 is 2.50 bits per heavy atom. The van der Waals surface area contributed by atoms with Crippen molar-refractivity contribution in [1.29, 1.82) is 0 Å². The molecule has 2 fully saturated rings. The summed E-state index contributed by atoms with van der Waals surface area (Å²) in [7, 11) is 1.80. The maximum Gasteiger partial charge on any atom is 0.225 e. The minimum absolute atomic E-state index is 0.259. The van der Waals surface area contributed by atoms with Gasteiger partial charge in [-0.3, -0.25) is 9.79 Å². The average Bonchev–Trinajstić information content (AvgIpc) is 3.49. The van der Waals surface area contributed by atoms with Crippen molar-refractivity contribution in [3.05, 3.63) is 42.0 Å². The minimum atomic E-state index is 0.259. The van der Waals surface area contributed by atoms with Crippen LogP contribution >= 0.6 is 0 Å². The normalized spacial score (nSPS) is 22.6. The largest absolute Gasteiger partial charge is 0.364 e. The highest BCUT2D eigenvalue weighted by molar-refractivity contribution is 5.81. The molecule has 6 heteroatoms. The summed E-state index contributed by atoms with van der Waals surface area (Å²) in [5, 5.41) is 6.93. The lowest BCUT2D eigenvalue weighted by atomic mass is 9.88. The first-order valence-electron chi connectivity index (χ1n) is 11.5. The van der Waals surface area contributed by atoms with Gasteiger partial charge in [0, 0.05) is 57.4 Å². The molecule has 6 nitrogen and oxygen atoms in total. The number of nitrogens with one attached hydrogen (secondary N) is 2. The van der Waals surface area contributed by atoms with Crippen molar-refractivity contribution in [2.75, 3.05) is 38.1 Å². The van der Waals surface area contributed by atoms with Crippen LogP contribution in [0.4, 0.5) is 5.69 Å². The summed E-state index contributed by atoms with van der Waals surface area (Å²) in [4.78, 5) is 21.6. The SMILES string of the molecule is CN=C(NCc1ccc(N2CC=CC2)cc1)NC1CCN(C(=O)C2CCCCC2)C1. The topological polar surface area (TPSA) is 60.0 Å².